The number of fused-ring (bicyclic) bond motifs is 1. The number of rotatable bonds is 2. The molecule has 7 nitrogen and oxygen atoms in total. The minimum atomic E-state index is -0.588. The van der Waals surface area contributed by atoms with Crippen LogP contribution in [0.5, 0.6) is 0 Å². The van der Waals surface area contributed by atoms with E-state index in [4.69, 9.17) is 4.99 Å². The van der Waals surface area contributed by atoms with Gasteiger partial charge in [0.15, 0.2) is 5.66 Å². The molecule has 1 unspecified atom stereocenters. The fraction of sp³-hybridized carbons (Fsp3) is 0.308. The number of guanidine groups is 1. The van der Waals surface area contributed by atoms with Crippen molar-refractivity contribution >= 4 is 23.0 Å². The van der Waals surface area contributed by atoms with Gasteiger partial charge in [-0.3, -0.25) is 0 Å². The summed E-state index contributed by atoms with van der Waals surface area (Å²) < 4.78 is 1.75. The van der Waals surface area contributed by atoms with Gasteiger partial charge in [-0.05, 0) is 19.9 Å². The topological polar surface area (TPSA) is 71.6 Å². The molecule has 2 aliphatic heterocycles. The highest BCUT2D eigenvalue weighted by Crippen LogP contribution is 2.26. The summed E-state index contributed by atoms with van der Waals surface area (Å²) in [7, 11) is 0. The molecule has 8 heteroatoms. The van der Waals surface area contributed by atoms with Crippen molar-refractivity contribution in [3.63, 3.8) is 0 Å². The van der Waals surface area contributed by atoms with Crippen LogP contribution < -0.4 is 0 Å². The molecule has 0 aliphatic carbocycles. The third-order valence-corrected chi connectivity index (χ3v) is 4.28. The predicted molar refractivity (Wildman–Crippen MR) is 80.3 cm³/mol. The quantitative estimate of drug-likeness (QED) is 0.840. The zero-order valence-corrected chi connectivity index (χ0v) is 12.4. The van der Waals surface area contributed by atoms with Gasteiger partial charge in [-0.25, -0.2) is 24.6 Å². The van der Waals surface area contributed by atoms with E-state index in [-0.39, 0.29) is 0 Å². The van der Waals surface area contributed by atoms with Crippen LogP contribution in [0.1, 0.15) is 17.8 Å². The number of thiazole rings is 1. The van der Waals surface area contributed by atoms with E-state index in [1.54, 1.807) is 28.5 Å². The maximum Gasteiger partial charge on any atom is 0.228 e. The van der Waals surface area contributed by atoms with Crippen LogP contribution >= 0.6 is 11.3 Å². The summed E-state index contributed by atoms with van der Waals surface area (Å²) in [5, 5.41) is 7.26. The Morgan fingerprint density at radius 1 is 1.33 bits per heavy atom. The highest BCUT2D eigenvalue weighted by atomic mass is 32.1. The maximum atomic E-state index is 4.73. The molecule has 0 radical (unpaired) electrons. The average molecular weight is 299 g/mol. The zero-order valence-electron chi connectivity index (χ0n) is 11.6. The molecule has 2 aliphatic rings. The predicted octanol–water partition coefficient (Wildman–Crippen LogP) is 1.40. The van der Waals surface area contributed by atoms with Crippen LogP contribution in [0.2, 0.25) is 0 Å². The van der Waals surface area contributed by atoms with Crippen molar-refractivity contribution in [2.75, 3.05) is 6.54 Å². The highest BCUT2D eigenvalue weighted by molar-refractivity contribution is 7.11. The van der Waals surface area contributed by atoms with E-state index in [1.807, 2.05) is 36.4 Å². The van der Waals surface area contributed by atoms with Crippen LogP contribution in [0.25, 0.3) is 0 Å². The number of aromatic nitrogens is 4. The molecule has 0 saturated heterocycles. The van der Waals surface area contributed by atoms with Gasteiger partial charge in [0, 0.05) is 17.8 Å². The largest absolute Gasteiger partial charge is 0.311 e. The van der Waals surface area contributed by atoms with E-state index in [1.165, 1.54) is 0 Å². The van der Waals surface area contributed by atoms with Gasteiger partial charge < -0.3 is 4.90 Å². The third-order valence-electron chi connectivity index (χ3n) is 3.46. The van der Waals surface area contributed by atoms with Gasteiger partial charge in [0.2, 0.25) is 5.96 Å². The number of hydrogen-bond acceptors (Lipinski definition) is 7. The van der Waals surface area contributed by atoms with E-state index in [9.17, 15) is 0 Å². The summed E-state index contributed by atoms with van der Waals surface area (Å²) in [6.07, 6.45) is 7.49. The molecule has 4 heterocycles. The normalized spacial score (nSPS) is 24.0. The molecule has 0 fully saturated rings. The Morgan fingerprint density at radius 3 is 2.95 bits per heavy atom. The molecule has 0 bridgehead atoms. The summed E-state index contributed by atoms with van der Waals surface area (Å²) in [6.45, 7) is 4.55. The summed E-state index contributed by atoms with van der Waals surface area (Å²) in [5.41, 5.74) is 0.363. The van der Waals surface area contributed by atoms with Gasteiger partial charge >= 0.3 is 0 Å². The fourth-order valence-electron chi connectivity index (χ4n) is 2.30. The van der Waals surface area contributed by atoms with E-state index in [0.717, 1.165) is 16.5 Å². The van der Waals surface area contributed by atoms with Crippen LogP contribution in [0.3, 0.4) is 0 Å². The monoisotopic (exact) mass is 299 g/mol. The maximum absolute atomic E-state index is 4.73. The fourth-order valence-corrected chi connectivity index (χ4v) is 2.92. The number of hydrogen-bond donors (Lipinski definition) is 0. The van der Waals surface area contributed by atoms with E-state index >= 15 is 0 Å². The Balaban J connectivity index is 1.72. The second kappa shape index (κ2) is 4.32. The Bertz CT molecular complexity index is 770. The van der Waals surface area contributed by atoms with Crippen molar-refractivity contribution in [3.05, 3.63) is 41.0 Å². The van der Waals surface area contributed by atoms with Crippen molar-refractivity contribution in [2.24, 2.45) is 9.98 Å². The molecular formula is C13H13N7S. The second-order valence-electron chi connectivity index (χ2n) is 5.08. The molecule has 0 saturated carbocycles. The molecule has 0 spiro atoms. The summed E-state index contributed by atoms with van der Waals surface area (Å²) in [6, 6.07) is 0. The first-order valence-electron chi connectivity index (χ1n) is 6.56. The van der Waals surface area contributed by atoms with Gasteiger partial charge in [0.25, 0.3) is 0 Å². The lowest BCUT2D eigenvalue weighted by Crippen LogP contribution is -2.35. The van der Waals surface area contributed by atoms with Crippen LogP contribution in [0, 0.1) is 6.92 Å². The SMILES string of the molecule is Cc1ncn(C2(C)C=CN3CC(c4nccs4)=NC3=N2)n1. The first-order chi connectivity index (χ1) is 10.1. The molecule has 21 heavy (non-hydrogen) atoms. The lowest BCUT2D eigenvalue weighted by Gasteiger charge is -2.28. The molecule has 0 amide bonds. The lowest BCUT2D eigenvalue weighted by atomic mass is 10.2. The molecule has 0 aromatic carbocycles. The number of aliphatic imine (C=N–C) groups is 2. The van der Waals surface area contributed by atoms with Crippen molar-refractivity contribution < 1.29 is 0 Å². The zero-order chi connectivity index (χ0) is 14.4. The van der Waals surface area contributed by atoms with Crippen molar-refractivity contribution in [2.45, 2.75) is 19.5 Å². The lowest BCUT2D eigenvalue weighted by molar-refractivity contribution is 0.364. The highest BCUT2D eigenvalue weighted by Gasteiger charge is 2.33. The Labute approximate surface area is 125 Å². The molecule has 2 aromatic rings. The van der Waals surface area contributed by atoms with E-state index < -0.39 is 5.66 Å². The minimum absolute atomic E-state index is 0.588. The minimum Gasteiger partial charge on any atom is -0.311 e. The standard InChI is InChI=1S/C13H13N7S/c1-9-15-8-20(18-9)13(2)3-5-19-7-10(16-12(19)17-13)11-14-4-6-21-11/h3-6,8H,7H2,1-2H3. The summed E-state index contributed by atoms with van der Waals surface area (Å²) >= 11 is 1.59. The van der Waals surface area contributed by atoms with Crippen molar-refractivity contribution in [1.82, 2.24) is 24.6 Å². The van der Waals surface area contributed by atoms with Gasteiger partial charge in [-0.1, -0.05) is 0 Å². The molecule has 106 valence electrons. The van der Waals surface area contributed by atoms with Crippen molar-refractivity contribution in [3.8, 4) is 0 Å². The van der Waals surface area contributed by atoms with Crippen molar-refractivity contribution in [1.29, 1.82) is 0 Å². The summed E-state index contributed by atoms with van der Waals surface area (Å²) in [5.74, 6) is 1.42. The second-order valence-corrected chi connectivity index (χ2v) is 5.98. The first-order valence-corrected chi connectivity index (χ1v) is 7.44. The summed E-state index contributed by atoms with van der Waals surface area (Å²) in [4.78, 5) is 19.8. The molecule has 0 N–H and O–H groups in total. The van der Waals surface area contributed by atoms with Crippen LogP contribution in [0.4, 0.5) is 0 Å². The van der Waals surface area contributed by atoms with Gasteiger partial charge in [0.1, 0.15) is 22.9 Å². The van der Waals surface area contributed by atoms with Gasteiger partial charge in [-0.2, -0.15) is 5.10 Å². The number of nitrogens with zero attached hydrogens (tertiary/aromatic N) is 7. The Kier molecular flexibility index (Phi) is 2.55. The Hall–Kier alpha value is -2.35. The van der Waals surface area contributed by atoms with E-state index in [0.29, 0.717) is 12.5 Å². The molecule has 4 rings (SSSR count). The molecular weight excluding hydrogens is 286 g/mol. The molecule has 2 aromatic heterocycles. The Morgan fingerprint density at radius 2 is 2.24 bits per heavy atom. The van der Waals surface area contributed by atoms with Crippen LogP contribution in [-0.4, -0.2) is 42.9 Å². The molecule has 1 atom stereocenters. The average Bonchev–Trinajstić information content (AvgIpc) is 3.17. The van der Waals surface area contributed by atoms with Gasteiger partial charge in [0.05, 0.1) is 6.54 Å². The smallest absolute Gasteiger partial charge is 0.228 e. The van der Waals surface area contributed by atoms with E-state index in [2.05, 4.69) is 20.1 Å². The number of aryl methyl sites for hydroxylation is 1. The van der Waals surface area contributed by atoms with Crippen LogP contribution in [-0.2, 0) is 5.66 Å². The third kappa shape index (κ3) is 1.99. The van der Waals surface area contributed by atoms with Crippen LogP contribution in [0.15, 0.2) is 40.2 Å². The van der Waals surface area contributed by atoms with Gasteiger partial charge in [-0.15, -0.1) is 11.3 Å². The first kappa shape index (κ1) is 12.4.